The number of aromatic nitrogens is 2. The summed E-state index contributed by atoms with van der Waals surface area (Å²) >= 11 is 0. The molecule has 0 saturated carbocycles. The summed E-state index contributed by atoms with van der Waals surface area (Å²) in [7, 11) is 0. The lowest BCUT2D eigenvalue weighted by Crippen LogP contribution is -2.47. The van der Waals surface area contributed by atoms with Crippen LogP contribution in [0.3, 0.4) is 0 Å². The number of halogens is 3. The lowest BCUT2D eigenvalue weighted by molar-refractivity contribution is -0.144. The maximum absolute atomic E-state index is 13.2. The molecule has 11 heteroatoms. The number of ether oxygens (including phenoxy) is 2. The van der Waals surface area contributed by atoms with Crippen LogP contribution < -0.4 is 15.6 Å². The van der Waals surface area contributed by atoms with Gasteiger partial charge in [-0.3, -0.25) is 9.59 Å². The minimum atomic E-state index is -4.89. The molecule has 2 atom stereocenters. The van der Waals surface area contributed by atoms with E-state index in [9.17, 15) is 22.8 Å². The Morgan fingerprint density at radius 2 is 2.08 bits per heavy atom. The van der Waals surface area contributed by atoms with E-state index >= 15 is 0 Å². The summed E-state index contributed by atoms with van der Waals surface area (Å²) < 4.78 is 50.4. The van der Waals surface area contributed by atoms with E-state index < -0.39 is 35.3 Å². The molecule has 1 aromatic rings. The van der Waals surface area contributed by atoms with Crippen molar-refractivity contribution in [2.45, 2.75) is 31.7 Å². The highest BCUT2D eigenvalue weighted by Gasteiger charge is 2.43. The van der Waals surface area contributed by atoms with Gasteiger partial charge >= 0.3 is 6.18 Å². The van der Waals surface area contributed by atoms with Crippen molar-refractivity contribution in [1.82, 2.24) is 20.4 Å². The number of H-pyrrole nitrogens is 1. The summed E-state index contributed by atoms with van der Waals surface area (Å²) in [6.45, 7) is 3.75. The summed E-state index contributed by atoms with van der Waals surface area (Å²) in [4.78, 5) is 25.4. The number of nitrogens with one attached hydrogen (secondary N) is 2. The highest BCUT2D eigenvalue weighted by atomic mass is 19.4. The lowest BCUT2D eigenvalue weighted by Gasteiger charge is -2.31. The standard InChI is InChI=1S/C15H19F3N4O4/c1-8-6-9(25-7-10(23)22-4-2-19-3-5-22)12-13(26-8)11(15(16,17)18)14(24)21-20-12/h8-9,19H,2-7H2,1H3,(H,21,24)/t8-,9-/m1/s1. The molecule has 1 saturated heterocycles. The molecule has 2 aliphatic rings. The molecule has 26 heavy (non-hydrogen) atoms. The number of carbonyl (C=O) groups excluding carboxylic acids is 1. The van der Waals surface area contributed by atoms with E-state index in [-0.39, 0.29) is 24.6 Å². The fraction of sp³-hybridized carbons (Fsp3) is 0.667. The molecule has 1 fully saturated rings. The van der Waals surface area contributed by atoms with Gasteiger partial charge in [0.1, 0.15) is 18.4 Å². The molecule has 2 N–H and O–H groups in total. The van der Waals surface area contributed by atoms with Crippen LogP contribution in [0.4, 0.5) is 13.2 Å². The summed E-state index contributed by atoms with van der Waals surface area (Å²) in [6, 6.07) is 0. The van der Waals surface area contributed by atoms with Gasteiger partial charge in [0.2, 0.25) is 5.91 Å². The number of alkyl halides is 3. The van der Waals surface area contributed by atoms with E-state index in [1.807, 2.05) is 5.10 Å². The number of aromatic amines is 1. The summed E-state index contributed by atoms with van der Waals surface area (Å²) in [5.74, 6) is -0.868. The largest absolute Gasteiger partial charge is 0.488 e. The minimum Gasteiger partial charge on any atom is -0.488 e. The fourth-order valence-corrected chi connectivity index (χ4v) is 3.03. The molecule has 0 bridgehead atoms. The van der Waals surface area contributed by atoms with E-state index in [4.69, 9.17) is 9.47 Å². The maximum Gasteiger partial charge on any atom is 0.425 e. The molecule has 0 radical (unpaired) electrons. The van der Waals surface area contributed by atoms with Crippen LogP contribution in [0.25, 0.3) is 0 Å². The number of carbonyl (C=O) groups is 1. The second-order valence-corrected chi connectivity index (χ2v) is 6.23. The van der Waals surface area contributed by atoms with Gasteiger partial charge in [0.25, 0.3) is 5.56 Å². The van der Waals surface area contributed by atoms with Gasteiger partial charge in [-0.15, -0.1) is 0 Å². The van der Waals surface area contributed by atoms with Crippen LogP contribution in [0.2, 0.25) is 0 Å². The smallest absolute Gasteiger partial charge is 0.425 e. The minimum absolute atomic E-state index is 0.150. The van der Waals surface area contributed by atoms with Gasteiger partial charge in [0.05, 0.1) is 6.10 Å². The van der Waals surface area contributed by atoms with Crippen LogP contribution in [0.5, 0.6) is 5.75 Å². The van der Waals surface area contributed by atoms with Crippen molar-refractivity contribution in [3.63, 3.8) is 0 Å². The highest BCUT2D eigenvalue weighted by Crippen LogP contribution is 2.42. The Labute approximate surface area is 146 Å². The molecule has 0 unspecified atom stereocenters. The maximum atomic E-state index is 13.2. The van der Waals surface area contributed by atoms with E-state index in [1.54, 1.807) is 11.8 Å². The summed E-state index contributed by atoms with van der Waals surface area (Å²) in [5, 5.41) is 8.64. The highest BCUT2D eigenvalue weighted by molar-refractivity contribution is 5.77. The van der Waals surface area contributed by atoms with Gasteiger partial charge < -0.3 is 19.7 Å². The SMILES string of the molecule is C[C@@H]1C[C@@H](OCC(=O)N2CCNCC2)c2n[nH]c(=O)c(C(F)(F)F)c2O1. The van der Waals surface area contributed by atoms with Crippen molar-refractivity contribution in [3.8, 4) is 5.75 Å². The Kier molecular flexibility index (Phi) is 5.19. The first-order valence-electron chi connectivity index (χ1n) is 8.24. The molecule has 0 spiro atoms. The molecule has 3 rings (SSSR count). The van der Waals surface area contributed by atoms with Crippen molar-refractivity contribution in [2.75, 3.05) is 32.8 Å². The Morgan fingerprint density at radius 3 is 2.73 bits per heavy atom. The van der Waals surface area contributed by atoms with E-state index in [0.717, 1.165) is 0 Å². The zero-order valence-electron chi connectivity index (χ0n) is 14.1. The van der Waals surface area contributed by atoms with Gasteiger partial charge in [-0.1, -0.05) is 0 Å². The van der Waals surface area contributed by atoms with Gasteiger partial charge in [0.15, 0.2) is 11.3 Å². The molecular weight excluding hydrogens is 357 g/mol. The van der Waals surface area contributed by atoms with Crippen molar-refractivity contribution in [1.29, 1.82) is 0 Å². The molecule has 0 aromatic carbocycles. The van der Waals surface area contributed by atoms with Crippen molar-refractivity contribution in [2.24, 2.45) is 0 Å². The second kappa shape index (κ2) is 7.23. The van der Waals surface area contributed by atoms with E-state index in [2.05, 4.69) is 10.4 Å². The van der Waals surface area contributed by atoms with Crippen LogP contribution >= 0.6 is 0 Å². The van der Waals surface area contributed by atoms with E-state index in [0.29, 0.717) is 26.2 Å². The molecule has 1 amide bonds. The number of hydrogen-bond acceptors (Lipinski definition) is 6. The normalized spacial score (nSPS) is 23.3. The van der Waals surface area contributed by atoms with Crippen LogP contribution in [0, 0.1) is 0 Å². The van der Waals surface area contributed by atoms with Gasteiger partial charge in [-0.25, -0.2) is 5.10 Å². The van der Waals surface area contributed by atoms with Crippen LogP contribution in [0.1, 0.15) is 30.7 Å². The van der Waals surface area contributed by atoms with Crippen molar-refractivity contribution in [3.05, 3.63) is 21.6 Å². The third-order valence-corrected chi connectivity index (χ3v) is 4.30. The Morgan fingerprint density at radius 1 is 1.38 bits per heavy atom. The summed E-state index contributed by atoms with van der Waals surface area (Å²) in [5.41, 5.74) is -2.96. The predicted molar refractivity (Wildman–Crippen MR) is 82.7 cm³/mol. The second-order valence-electron chi connectivity index (χ2n) is 6.23. The number of rotatable bonds is 3. The third kappa shape index (κ3) is 3.83. The molecule has 3 heterocycles. The van der Waals surface area contributed by atoms with Gasteiger partial charge in [0, 0.05) is 32.6 Å². The number of amides is 1. The zero-order chi connectivity index (χ0) is 18.9. The Balaban J connectivity index is 1.80. The Bertz CT molecular complexity index is 731. The average Bonchev–Trinajstić information content (AvgIpc) is 2.58. The average molecular weight is 376 g/mol. The van der Waals surface area contributed by atoms with Gasteiger partial charge in [-0.2, -0.15) is 18.3 Å². The molecule has 2 aliphatic heterocycles. The van der Waals surface area contributed by atoms with E-state index in [1.165, 1.54) is 0 Å². The Hall–Kier alpha value is -2.14. The molecular formula is C15H19F3N4O4. The van der Waals surface area contributed by atoms with Gasteiger partial charge in [-0.05, 0) is 6.92 Å². The van der Waals surface area contributed by atoms with Crippen LogP contribution in [-0.2, 0) is 15.7 Å². The first-order chi connectivity index (χ1) is 12.3. The van der Waals surface area contributed by atoms with Crippen molar-refractivity contribution >= 4 is 5.91 Å². The quantitative estimate of drug-likeness (QED) is 0.795. The zero-order valence-corrected chi connectivity index (χ0v) is 14.1. The number of fused-ring (bicyclic) bond motifs is 1. The molecule has 144 valence electrons. The topological polar surface area (TPSA) is 96.5 Å². The third-order valence-electron chi connectivity index (χ3n) is 4.30. The number of piperazine rings is 1. The monoisotopic (exact) mass is 376 g/mol. The van der Waals surface area contributed by atoms with Crippen molar-refractivity contribution < 1.29 is 27.4 Å². The first kappa shape index (κ1) is 18.6. The number of hydrogen-bond donors (Lipinski definition) is 2. The number of nitrogens with zero attached hydrogens (tertiary/aromatic N) is 2. The summed E-state index contributed by atoms with van der Waals surface area (Å²) in [6.07, 6.45) is -6.16. The molecule has 8 nitrogen and oxygen atoms in total. The first-order valence-corrected chi connectivity index (χ1v) is 8.24. The lowest BCUT2D eigenvalue weighted by atomic mass is 10.0. The fourth-order valence-electron chi connectivity index (χ4n) is 3.03. The predicted octanol–water partition coefficient (Wildman–Crippen LogP) is 0.449. The van der Waals surface area contributed by atoms with Crippen LogP contribution in [-0.4, -0.2) is 59.9 Å². The molecule has 1 aromatic heterocycles. The molecule has 0 aliphatic carbocycles. The van der Waals surface area contributed by atoms with Crippen LogP contribution in [0.15, 0.2) is 4.79 Å².